The summed E-state index contributed by atoms with van der Waals surface area (Å²) in [6, 6.07) is 18.8. The number of aryl methyl sites for hydroxylation is 1. The second-order valence-electron chi connectivity index (χ2n) is 8.30. The molecule has 2 aromatic carbocycles. The van der Waals surface area contributed by atoms with E-state index in [9.17, 15) is 9.90 Å². The zero-order valence-electron chi connectivity index (χ0n) is 19.0. The highest BCUT2D eigenvalue weighted by Crippen LogP contribution is 2.24. The van der Waals surface area contributed by atoms with E-state index in [0.29, 0.717) is 18.7 Å². The number of nitrogens with one attached hydrogen (secondary N) is 1. The SMILES string of the molecule is Cc1cccc(Cn2c(C)c(CNCCN(C)Cc3ccccc3)c(C(=O)O)c2C)c1. The van der Waals surface area contributed by atoms with Crippen LogP contribution in [0.2, 0.25) is 0 Å². The average molecular weight is 420 g/mol. The number of carboxylic acids is 1. The van der Waals surface area contributed by atoms with Crippen LogP contribution in [0.1, 0.15) is 44.0 Å². The van der Waals surface area contributed by atoms with Gasteiger partial charge in [0.15, 0.2) is 0 Å². The van der Waals surface area contributed by atoms with E-state index in [1.807, 2.05) is 26.0 Å². The Kier molecular flexibility index (Phi) is 7.66. The maximum absolute atomic E-state index is 12.0. The predicted molar refractivity (Wildman–Crippen MR) is 126 cm³/mol. The molecule has 0 radical (unpaired) electrons. The van der Waals surface area contributed by atoms with Crippen LogP contribution >= 0.6 is 0 Å². The minimum Gasteiger partial charge on any atom is -0.478 e. The molecule has 1 heterocycles. The Morgan fingerprint density at radius 3 is 2.39 bits per heavy atom. The lowest BCUT2D eigenvalue weighted by molar-refractivity contribution is 0.0694. The Balaban J connectivity index is 1.65. The third-order valence-corrected chi connectivity index (χ3v) is 5.81. The van der Waals surface area contributed by atoms with Crippen molar-refractivity contribution in [2.45, 2.75) is 40.4 Å². The van der Waals surface area contributed by atoms with Gasteiger partial charge in [0.05, 0.1) is 5.56 Å². The van der Waals surface area contributed by atoms with Gasteiger partial charge in [0.1, 0.15) is 0 Å². The fourth-order valence-corrected chi connectivity index (χ4v) is 4.14. The molecule has 164 valence electrons. The molecule has 5 heteroatoms. The van der Waals surface area contributed by atoms with Gasteiger partial charge in [-0.1, -0.05) is 60.2 Å². The molecule has 3 aromatic rings. The van der Waals surface area contributed by atoms with Gasteiger partial charge in [-0.15, -0.1) is 0 Å². The van der Waals surface area contributed by atoms with Gasteiger partial charge in [0.2, 0.25) is 0 Å². The van der Waals surface area contributed by atoms with Crippen molar-refractivity contribution in [2.24, 2.45) is 0 Å². The van der Waals surface area contributed by atoms with Crippen LogP contribution in [0.5, 0.6) is 0 Å². The predicted octanol–water partition coefficient (Wildman–Crippen LogP) is 4.38. The standard InChI is InChI=1S/C26H33N3O2/c1-19-9-8-12-23(15-19)18-29-20(2)24(25(21(29)3)26(30)31)16-27-13-14-28(4)17-22-10-6-5-7-11-22/h5-12,15,27H,13-14,16-18H2,1-4H3,(H,30,31). The lowest BCUT2D eigenvalue weighted by Crippen LogP contribution is -2.29. The Bertz CT molecular complexity index is 1020. The molecule has 2 N–H and O–H groups in total. The number of carboxylic acid groups (broad SMARTS) is 1. The maximum atomic E-state index is 12.0. The van der Waals surface area contributed by atoms with Gasteiger partial charge in [0, 0.05) is 49.7 Å². The van der Waals surface area contributed by atoms with Gasteiger partial charge in [-0.05, 0) is 38.9 Å². The van der Waals surface area contributed by atoms with E-state index in [2.05, 4.69) is 71.2 Å². The zero-order valence-corrected chi connectivity index (χ0v) is 19.0. The Labute approximate surface area is 185 Å². The molecule has 0 fully saturated rings. The normalized spacial score (nSPS) is 11.3. The van der Waals surface area contributed by atoms with E-state index in [1.54, 1.807) is 0 Å². The van der Waals surface area contributed by atoms with Crippen LogP contribution in [0, 0.1) is 20.8 Å². The van der Waals surface area contributed by atoms with E-state index in [4.69, 9.17) is 0 Å². The second kappa shape index (κ2) is 10.4. The molecule has 31 heavy (non-hydrogen) atoms. The van der Waals surface area contributed by atoms with E-state index in [0.717, 1.165) is 36.6 Å². The van der Waals surface area contributed by atoms with Gasteiger partial charge in [-0.2, -0.15) is 0 Å². The van der Waals surface area contributed by atoms with Gasteiger partial charge >= 0.3 is 5.97 Å². The number of rotatable bonds is 10. The summed E-state index contributed by atoms with van der Waals surface area (Å²) in [5.74, 6) is -0.860. The molecule has 3 rings (SSSR count). The molecule has 0 amide bonds. The molecule has 0 aliphatic rings. The third-order valence-electron chi connectivity index (χ3n) is 5.81. The first-order valence-corrected chi connectivity index (χ1v) is 10.8. The number of aromatic carboxylic acids is 1. The number of benzene rings is 2. The van der Waals surface area contributed by atoms with Gasteiger partial charge in [-0.3, -0.25) is 0 Å². The number of hydrogen-bond acceptors (Lipinski definition) is 3. The number of carbonyl (C=O) groups is 1. The molecular formula is C26H33N3O2. The summed E-state index contributed by atoms with van der Waals surface area (Å²) in [6.45, 7) is 9.81. The smallest absolute Gasteiger partial charge is 0.337 e. The van der Waals surface area contributed by atoms with E-state index >= 15 is 0 Å². The van der Waals surface area contributed by atoms with Crippen molar-refractivity contribution >= 4 is 5.97 Å². The number of hydrogen-bond donors (Lipinski definition) is 2. The molecule has 0 aliphatic heterocycles. The lowest BCUT2D eigenvalue weighted by Gasteiger charge is -2.17. The first-order valence-electron chi connectivity index (χ1n) is 10.8. The minimum atomic E-state index is -0.860. The Morgan fingerprint density at radius 1 is 1.00 bits per heavy atom. The van der Waals surface area contributed by atoms with Crippen molar-refractivity contribution in [1.29, 1.82) is 0 Å². The fourth-order valence-electron chi connectivity index (χ4n) is 4.14. The van der Waals surface area contributed by atoms with E-state index in [1.165, 1.54) is 16.7 Å². The van der Waals surface area contributed by atoms with Crippen LogP contribution in [0.4, 0.5) is 0 Å². The molecule has 0 spiro atoms. The van der Waals surface area contributed by atoms with E-state index in [-0.39, 0.29) is 0 Å². The van der Waals surface area contributed by atoms with Crippen molar-refractivity contribution in [3.63, 3.8) is 0 Å². The van der Waals surface area contributed by atoms with Crippen LogP contribution in [0.25, 0.3) is 0 Å². The molecule has 5 nitrogen and oxygen atoms in total. The van der Waals surface area contributed by atoms with Gasteiger partial charge < -0.3 is 19.9 Å². The van der Waals surface area contributed by atoms with Crippen molar-refractivity contribution in [3.8, 4) is 0 Å². The van der Waals surface area contributed by atoms with Crippen LogP contribution < -0.4 is 5.32 Å². The number of likely N-dealkylation sites (N-methyl/N-ethyl adjacent to an activating group) is 1. The first-order chi connectivity index (χ1) is 14.9. The zero-order chi connectivity index (χ0) is 22.4. The Hall–Kier alpha value is -2.89. The molecule has 0 bridgehead atoms. The molecule has 0 saturated heterocycles. The van der Waals surface area contributed by atoms with E-state index < -0.39 is 5.97 Å². The third kappa shape index (κ3) is 5.84. The lowest BCUT2D eigenvalue weighted by atomic mass is 10.1. The van der Waals surface area contributed by atoms with Crippen LogP contribution in [0.3, 0.4) is 0 Å². The van der Waals surface area contributed by atoms with Crippen LogP contribution in [-0.2, 0) is 19.6 Å². The van der Waals surface area contributed by atoms with Crippen molar-refractivity contribution < 1.29 is 9.90 Å². The maximum Gasteiger partial charge on any atom is 0.337 e. The number of nitrogens with zero attached hydrogens (tertiary/aromatic N) is 2. The average Bonchev–Trinajstić information content (AvgIpc) is 2.96. The van der Waals surface area contributed by atoms with Gasteiger partial charge in [0.25, 0.3) is 0 Å². The summed E-state index contributed by atoms with van der Waals surface area (Å²) < 4.78 is 2.12. The molecule has 0 saturated carbocycles. The second-order valence-corrected chi connectivity index (χ2v) is 8.30. The Morgan fingerprint density at radius 2 is 1.71 bits per heavy atom. The van der Waals surface area contributed by atoms with Crippen molar-refractivity contribution in [2.75, 3.05) is 20.1 Å². The largest absolute Gasteiger partial charge is 0.478 e. The fraction of sp³-hybridized carbons (Fsp3) is 0.346. The summed E-state index contributed by atoms with van der Waals surface area (Å²) in [5.41, 5.74) is 6.81. The van der Waals surface area contributed by atoms with Gasteiger partial charge in [-0.25, -0.2) is 4.79 Å². The van der Waals surface area contributed by atoms with Crippen molar-refractivity contribution in [1.82, 2.24) is 14.8 Å². The molecule has 0 atom stereocenters. The molecule has 0 unspecified atom stereocenters. The summed E-state index contributed by atoms with van der Waals surface area (Å²) in [5, 5.41) is 13.3. The van der Waals surface area contributed by atoms with Crippen LogP contribution in [-0.4, -0.2) is 40.7 Å². The van der Waals surface area contributed by atoms with Crippen molar-refractivity contribution in [3.05, 3.63) is 93.8 Å². The minimum absolute atomic E-state index is 0.426. The molecule has 0 aliphatic carbocycles. The summed E-state index contributed by atoms with van der Waals surface area (Å²) in [4.78, 5) is 14.3. The summed E-state index contributed by atoms with van der Waals surface area (Å²) in [6.07, 6.45) is 0. The highest BCUT2D eigenvalue weighted by Gasteiger charge is 2.22. The summed E-state index contributed by atoms with van der Waals surface area (Å²) in [7, 11) is 2.10. The van der Waals surface area contributed by atoms with Crippen LogP contribution in [0.15, 0.2) is 54.6 Å². The quantitative estimate of drug-likeness (QED) is 0.479. The molecular weight excluding hydrogens is 386 g/mol. The first kappa shape index (κ1) is 22.8. The highest BCUT2D eigenvalue weighted by atomic mass is 16.4. The number of aromatic nitrogens is 1. The highest BCUT2D eigenvalue weighted by molar-refractivity contribution is 5.91. The monoisotopic (exact) mass is 419 g/mol. The topological polar surface area (TPSA) is 57.5 Å². The summed E-state index contributed by atoms with van der Waals surface area (Å²) >= 11 is 0. The molecule has 1 aromatic heterocycles.